The van der Waals surface area contributed by atoms with Gasteiger partial charge in [-0.1, -0.05) is 5.22 Å². The van der Waals surface area contributed by atoms with Crippen LogP contribution in [-0.4, -0.2) is 44.0 Å². The molecule has 0 aromatic heterocycles. The Morgan fingerprint density at radius 3 is 2.00 bits per heavy atom. The van der Waals surface area contributed by atoms with E-state index in [0.717, 1.165) is 24.5 Å². The van der Waals surface area contributed by atoms with Gasteiger partial charge in [-0.2, -0.15) is 0 Å². The smallest absolute Gasteiger partial charge is 0.0875 e. The summed E-state index contributed by atoms with van der Waals surface area (Å²) in [5.41, 5.74) is 1.92. The molecule has 0 saturated carbocycles. The molecular formula is C12H18Cl2N4. The van der Waals surface area contributed by atoms with Crippen LogP contribution in [0.2, 0.25) is 0 Å². The summed E-state index contributed by atoms with van der Waals surface area (Å²) in [6.07, 6.45) is 0. The van der Waals surface area contributed by atoms with Crippen molar-refractivity contribution in [1.29, 1.82) is 0 Å². The molecule has 0 amide bonds. The van der Waals surface area contributed by atoms with Gasteiger partial charge < -0.3 is 4.90 Å². The fourth-order valence-corrected chi connectivity index (χ4v) is 1.85. The van der Waals surface area contributed by atoms with Gasteiger partial charge in [-0.15, -0.1) is 28.3 Å². The summed E-state index contributed by atoms with van der Waals surface area (Å²) in [7, 11) is 3.67. The standard InChI is InChI=1S/C12H18Cl2N4/c1-17(2)16-15-11-3-5-12(6-4-11)18(9-7-13)10-8-14/h3-6H,7-10H2,1-2H3. The molecule has 0 heterocycles. The zero-order valence-electron chi connectivity index (χ0n) is 10.7. The summed E-state index contributed by atoms with van der Waals surface area (Å²) in [6.45, 7) is 1.57. The highest BCUT2D eigenvalue weighted by Crippen LogP contribution is 2.20. The maximum absolute atomic E-state index is 5.77. The van der Waals surface area contributed by atoms with Crippen LogP contribution >= 0.6 is 23.2 Å². The first kappa shape index (κ1) is 15.1. The van der Waals surface area contributed by atoms with Gasteiger partial charge in [-0.05, 0) is 24.3 Å². The Hall–Kier alpha value is -1.00. The van der Waals surface area contributed by atoms with Crippen LogP contribution in [0.25, 0.3) is 0 Å². The van der Waals surface area contributed by atoms with Crippen LogP contribution in [0.15, 0.2) is 34.6 Å². The third kappa shape index (κ3) is 5.10. The lowest BCUT2D eigenvalue weighted by atomic mass is 10.2. The first-order valence-corrected chi connectivity index (χ1v) is 6.80. The van der Waals surface area contributed by atoms with Crippen molar-refractivity contribution in [3.05, 3.63) is 24.3 Å². The van der Waals surface area contributed by atoms with Gasteiger partial charge in [0.05, 0.1) is 5.69 Å². The molecule has 0 saturated heterocycles. The van der Waals surface area contributed by atoms with Gasteiger partial charge >= 0.3 is 0 Å². The van der Waals surface area contributed by atoms with Crippen molar-refractivity contribution in [3.63, 3.8) is 0 Å². The van der Waals surface area contributed by atoms with Crippen molar-refractivity contribution in [3.8, 4) is 0 Å². The van der Waals surface area contributed by atoms with E-state index >= 15 is 0 Å². The van der Waals surface area contributed by atoms with Gasteiger partial charge in [0.15, 0.2) is 0 Å². The highest BCUT2D eigenvalue weighted by atomic mass is 35.5. The summed E-state index contributed by atoms with van der Waals surface area (Å²) in [5, 5.41) is 9.68. The van der Waals surface area contributed by atoms with E-state index in [4.69, 9.17) is 23.2 Å². The fourth-order valence-electron chi connectivity index (χ4n) is 1.45. The summed E-state index contributed by atoms with van der Waals surface area (Å²) in [6, 6.07) is 7.86. The number of halogens is 2. The minimum Gasteiger partial charge on any atom is -0.369 e. The molecule has 0 atom stereocenters. The van der Waals surface area contributed by atoms with Crippen molar-refractivity contribution in [2.45, 2.75) is 0 Å². The Morgan fingerprint density at radius 2 is 1.56 bits per heavy atom. The largest absolute Gasteiger partial charge is 0.369 e. The van der Waals surface area contributed by atoms with Gasteiger partial charge in [0.2, 0.25) is 0 Å². The van der Waals surface area contributed by atoms with Gasteiger partial charge in [-0.25, -0.2) is 0 Å². The quantitative estimate of drug-likeness (QED) is 0.437. The maximum atomic E-state index is 5.77. The highest BCUT2D eigenvalue weighted by Gasteiger charge is 2.04. The van der Waals surface area contributed by atoms with Crippen molar-refractivity contribution < 1.29 is 0 Å². The SMILES string of the molecule is CN(C)N=Nc1ccc(N(CCCl)CCCl)cc1. The topological polar surface area (TPSA) is 31.2 Å². The van der Waals surface area contributed by atoms with Crippen molar-refractivity contribution >= 4 is 34.6 Å². The van der Waals surface area contributed by atoms with E-state index in [2.05, 4.69) is 15.2 Å². The number of hydrogen-bond acceptors (Lipinski definition) is 3. The summed E-state index contributed by atoms with van der Waals surface area (Å²) in [4.78, 5) is 2.15. The third-order valence-electron chi connectivity index (χ3n) is 2.26. The molecule has 0 N–H and O–H groups in total. The second kappa shape index (κ2) is 8.16. The number of benzene rings is 1. The zero-order valence-corrected chi connectivity index (χ0v) is 12.2. The Balaban J connectivity index is 2.73. The molecule has 0 aliphatic rings. The van der Waals surface area contributed by atoms with Gasteiger partial charge in [-0.3, -0.25) is 5.01 Å². The molecule has 1 rings (SSSR count). The molecule has 18 heavy (non-hydrogen) atoms. The van der Waals surface area contributed by atoms with Crippen molar-refractivity contribution in [2.75, 3.05) is 43.8 Å². The van der Waals surface area contributed by atoms with Gasteiger partial charge in [0.1, 0.15) is 0 Å². The zero-order chi connectivity index (χ0) is 13.4. The monoisotopic (exact) mass is 288 g/mol. The first-order valence-electron chi connectivity index (χ1n) is 5.73. The number of nitrogens with zero attached hydrogens (tertiary/aromatic N) is 4. The molecule has 1 aromatic rings. The molecule has 0 fully saturated rings. The molecule has 0 unspecified atom stereocenters. The average Bonchev–Trinajstić information content (AvgIpc) is 2.37. The normalized spacial score (nSPS) is 10.9. The van der Waals surface area contributed by atoms with Crippen LogP contribution in [0.1, 0.15) is 0 Å². The lowest BCUT2D eigenvalue weighted by molar-refractivity contribution is 0.408. The molecule has 0 aliphatic carbocycles. The predicted octanol–water partition coefficient (Wildman–Crippen LogP) is 3.53. The first-order chi connectivity index (χ1) is 8.67. The lowest BCUT2D eigenvalue weighted by Crippen LogP contribution is -2.27. The van der Waals surface area contributed by atoms with E-state index in [1.807, 2.05) is 38.4 Å². The predicted molar refractivity (Wildman–Crippen MR) is 78.3 cm³/mol. The van der Waals surface area contributed by atoms with Crippen LogP contribution in [-0.2, 0) is 0 Å². The summed E-state index contributed by atoms with van der Waals surface area (Å²) in [5.74, 6) is 1.16. The molecule has 0 spiro atoms. The fraction of sp³-hybridized carbons (Fsp3) is 0.500. The minimum atomic E-state index is 0.582. The van der Waals surface area contributed by atoms with Crippen molar-refractivity contribution in [2.24, 2.45) is 10.3 Å². The van der Waals surface area contributed by atoms with E-state index in [0.29, 0.717) is 11.8 Å². The molecule has 1 aromatic carbocycles. The molecule has 0 bridgehead atoms. The van der Waals surface area contributed by atoms with E-state index in [1.165, 1.54) is 0 Å². The summed E-state index contributed by atoms with van der Waals surface area (Å²) < 4.78 is 0. The molecule has 6 heteroatoms. The minimum absolute atomic E-state index is 0.582. The van der Waals surface area contributed by atoms with Gasteiger partial charge in [0.25, 0.3) is 0 Å². The molecular weight excluding hydrogens is 271 g/mol. The van der Waals surface area contributed by atoms with Crippen LogP contribution in [0.4, 0.5) is 11.4 Å². The second-order valence-electron chi connectivity index (χ2n) is 3.92. The van der Waals surface area contributed by atoms with Gasteiger partial charge in [0, 0.05) is 44.6 Å². The van der Waals surface area contributed by atoms with E-state index in [9.17, 15) is 0 Å². The van der Waals surface area contributed by atoms with Crippen LogP contribution in [0.5, 0.6) is 0 Å². The van der Waals surface area contributed by atoms with Crippen molar-refractivity contribution in [1.82, 2.24) is 5.01 Å². The molecule has 4 nitrogen and oxygen atoms in total. The summed E-state index contributed by atoms with van der Waals surface area (Å²) >= 11 is 11.5. The molecule has 0 aliphatic heterocycles. The Labute approximate surface area is 118 Å². The maximum Gasteiger partial charge on any atom is 0.0875 e. The Morgan fingerprint density at radius 1 is 1.00 bits per heavy atom. The lowest BCUT2D eigenvalue weighted by Gasteiger charge is -2.22. The third-order valence-corrected chi connectivity index (χ3v) is 2.60. The van der Waals surface area contributed by atoms with E-state index in [1.54, 1.807) is 5.01 Å². The molecule has 100 valence electrons. The number of anilines is 1. The number of rotatable bonds is 7. The van der Waals surface area contributed by atoms with Crippen LogP contribution in [0, 0.1) is 0 Å². The van der Waals surface area contributed by atoms with E-state index in [-0.39, 0.29) is 0 Å². The van der Waals surface area contributed by atoms with Crippen LogP contribution in [0.3, 0.4) is 0 Å². The van der Waals surface area contributed by atoms with Crippen LogP contribution < -0.4 is 4.90 Å². The average molecular weight is 289 g/mol. The highest BCUT2D eigenvalue weighted by molar-refractivity contribution is 6.18. The second-order valence-corrected chi connectivity index (χ2v) is 4.67. The Bertz CT molecular complexity index is 359. The number of alkyl halides is 2. The van der Waals surface area contributed by atoms with E-state index < -0.39 is 0 Å². The molecule has 0 radical (unpaired) electrons. The Kier molecular flexibility index (Phi) is 6.83. The number of hydrogen-bond donors (Lipinski definition) is 0.